The van der Waals surface area contributed by atoms with Gasteiger partial charge < -0.3 is 24.8 Å². The average molecular weight is 538 g/mol. The molecule has 5 heterocycles. The monoisotopic (exact) mass is 537 g/mol. The minimum Gasteiger partial charge on any atom is -0.455 e. The van der Waals surface area contributed by atoms with Gasteiger partial charge in [-0.25, -0.2) is 14.3 Å². The third kappa shape index (κ3) is 4.98. The van der Waals surface area contributed by atoms with Crippen LogP contribution >= 0.6 is 0 Å². The molecule has 3 aromatic heterocycles. The second kappa shape index (κ2) is 9.91. The number of hydrogen-bond acceptors (Lipinski definition) is 9. The van der Waals surface area contributed by atoms with Crippen molar-refractivity contribution in [1.29, 1.82) is 0 Å². The zero-order valence-corrected chi connectivity index (χ0v) is 22.5. The molecule has 208 valence electrons. The van der Waals surface area contributed by atoms with Crippen molar-refractivity contribution in [2.45, 2.75) is 76.7 Å². The summed E-state index contributed by atoms with van der Waals surface area (Å²) < 4.78 is 14.7. The summed E-state index contributed by atoms with van der Waals surface area (Å²) in [6.45, 7) is 7.03. The SMILES string of the molecule is CC(C)(C)OC(=O)c1c(NC(=O)c2cnn3ccc(N4C[C@H]5C[C@@H]4CO5)nc23)cnn1C1CCC(CO)CC1. The molecule has 2 atom stereocenters. The minimum absolute atomic E-state index is 0.0260. The van der Waals surface area contributed by atoms with Crippen molar-refractivity contribution in [2.75, 3.05) is 30.0 Å². The first kappa shape index (κ1) is 25.8. The lowest BCUT2D eigenvalue weighted by molar-refractivity contribution is 0.00522. The number of nitrogens with zero attached hydrogens (tertiary/aromatic N) is 6. The molecular formula is C27H35N7O5. The highest BCUT2D eigenvalue weighted by Crippen LogP contribution is 2.35. The van der Waals surface area contributed by atoms with E-state index >= 15 is 0 Å². The van der Waals surface area contributed by atoms with Gasteiger partial charge in [0.1, 0.15) is 17.0 Å². The van der Waals surface area contributed by atoms with Crippen LogP contribution in [-0.4, -0.2) is 78.9 Å². The standard InChI is InChI=1S/C27H35N7O5/c1-27(2,3)39-26(37)23-21(12-29-34(23)17-6-4-16(14-35)5-7-17)30-25(36)20-11-28-33-9-8-22(31-24(20)33)32-13-19-10-18(32)15-38-19/h8-9,11-12,16-19,35H,4-7,10,13-15H2,1-3H3,(H,30,36)/t16?,17?,18-,19-/m1/s1. The Bertz CT molecular complexity index is 1380. The lowest BCUT2D eigenvalue weighted by Crippen LogP contribution is -2.37. The summed E-state index contributed by atoms with van der Waals surface area (Å²) in [5, 5.41) is 21.2. The molecule has 0 aromatic carbocycles. The summed E-state index contributed by atoms with van der Waals surface area (Å²) in [7, 11) is 0. The van der Waals surface area contributed by atoms with Gasteiger partial charge in [0.05, 0.1) is 42.9 Å². The van der Waals surface area contributed by atoms with Gasteiger partial charge in [-0.3, -0.25) is 9.48 Å². The molecule has 2 saturated heterocycles. The van der Waals surface area contributed by atoms with Crippen LogP contribution in [0.1, 0.15) is 79.8 Å². The first-order valence-electron chi connectivity index (χ1n) is 13.7. The summed E-state index contributed by atoms with van der Waals surface area (Å²) in [6.07, 6.45) is 9.24. The largest absolute Gasteiger partial charge is 0.455 e. The highest BCUT2D eigenvalue weighted by molar-refractivity contribution is 6.10. The number of rotatable bonds is 6. The third-order valence-electron chi connectivity index (χ3n) is 7.85. The summed E-state index contributed by atoms with van der Waals surface area (Å²) >= 11 is 0. The predicted molar refractivity (Wildman–Crippen MR) is 142 cm³/mol. The van der Waals surface area contributed by atoms with Crippen LogP contribution in [0.5, 0.6) is 0 Å². The van der Waals surface area contributed by atoms with Crippen LogP contribution in [0.4, 0.5) is 11.5 Å². The van der Waals surface area contributed by atoms with E-state index in [2.05, 4.69) is 20.4 Å². The van der Waals surface area contributed by atoms with Crippen molar-refractivity contribution >= 4 is 29.0 Å². The smallest absolute Gasteiger partial charge is 0.359 e. The Kier molecular flexibility index (Phi) is 6.54. The van der Waals surface area contributed by atoms with Crippen LogP contribution < -0.4 is 10.2 Å². The molecule has 1 amide bonds. The van der Waals surface area contributed by atoms with Gasteiger partial charge in [-0.1, -0.05) is 0 Å². The molecule has 0 unspecified atom stereocenters. The van der Waals surface area contributed by atoms with Gasteiger partial charge in [-0.05, 0) is 64.9 Å². The Labute approximate surface area is 226 Å². The number of aromatic nitrogens is 5. The molecule has 6 rings (SSSR count). The Morgan fingerprint density at radius 2 is 1.95 bits per heavy atom. The first-order valence-corrected chi connectivity index (χ1v) is 13.7. The molecule has 39 heavy (non-hydrogen) atoms. The zero-order valence-electron chi connectivity index (χ0n) is 22.5. The third-order valence-corrected chi connectivity index (χ3v) is 7.85. The van der Waals surface area contributed by atoms with E-state index in [1.54, 1.807) is 36.2 Å². The number of fused-ring (bicyclic) bond motifs is 3. The van der Waals surface area contributed by atoms with Crippen LogP contribution in [0.3, 0.4) is 0 Å². The maximum atomic E-state index is 13.5. The number of morpholine rings is 1. The quantitative estimate of drug-likeness (QED) is 0.455. The van der Waals surface area contributed by atoms with Crippen molar-refractivity contribution in [1.82, 2.24) is 24.4 Å². The summed E-state index contributed by atoms with van der Waals surface area (Å²) in [6, 6.07) is 2.17. The van der Waals surface area contributed by atoms with Gasteiger partial charge in [0.25, 0.3) is 5.91 Å². The molecule has 3 aliphatic rings. The van der Waals surface area contributed by atoms with Crippen molar-refractivity contribution < 1.29 is 24.2 Å². The summed E-state index contributed by atoms with van der Waals surface area (Å²) in [4.78, 5) is 33.9. The first-order chi connectivity index (χ1) is 18.7. The number of anilines is 2. The molecule has 12 nitrogen and oxygen atoms in total. The minimum atomic E-state index is -0.717. The molecule has 2 aliphatic heterocycles. The van der Waals surface area contributed by atoms with Crippen LogP contribution in [0.2, 0.25) is 0 Å². The lowest BCUT2D eigenvalue weighted by Gasteiger charge is -2.29. The van der Waals surface area contributed by atoms with E-state index < -0.39 is 17.5 Å². The number of aliphatic hydroxyl groups excluding tert-OH is 1. The fourth-order valence-electron chi connectivity index (χ4n) is 5.88. The molecule has 3 aromatic rings. The average Bonchev–Trinajstić information content (AvgIpc) is 3.70. The van der Waals surface area contributed by atoms with Crippen LogP contribution in [0, 0.1) is 5.92 Å². The maximum absolute atomic E-state index is 13.5. The van der Waals surface area contributed by atoms with Crippen LogP contribution in [0.15, 0.2) is 24.7 Å². The van der Waals surface area contributed by atoms with E-state index in [1.807, 2.05) is 6.07 Å². The van der Waals surface area contributed by atoms with Gasteiger partial charge in [0.2, 0.25) is 0 Å². The van der Waals surface area contributed by atoms with Crippen LogP contribution in [-0.2, 0) is 9.47 Å². The number of hydrogen-bond donors (Lipinski definition) is 2. The molecule has 12 heteroatoms. The Morgan fingerprint density at radius 3 is 2.62 bits per heavy atom. The molecule has 0 spiro atoms. The summed E-state index contributed by atoms with van der Waals surface area (Å²) in [5.74, 6) is 0.0614. The van der Waals surface area contributed by atoms with Crippen molar-refractivity contribution in [3.63, 3.8) is 0 Å². The molecule has 2 N–H and O–H groups in total. The van der Waals surface area contributed by atoms with E-state index in [1.165, 1.54) is 12.4 Å². The van der Waals surface area contributed by atoms with Gasteiger partial charge in [-0.15, -0.1) is 0 Å². The number of nitrogens with one attached hydrogen (secondary N) is 1. The topological polar surface area (TPSA) is 136 Å². The number of amides is 1. The zero-order chi connectivity index (χ0) is 27.3. The molecule has 1 saturated carbocycles. The van der Waals surface area contributed by atoms with E-state index in [4.69, 9.17) is 14.5 Å². The number of carbonyl (C=O) groups excluding carboxylic acids is 2. The number of ether oxygens (including phenoxy) is 2. The number of aliphatic hydroxyl groups is 1. The van der Waals surface area contributed by atoms with E-state index in [9.17, 15) is 14.7 Å². The normalized spacial score (nSPS) is 24.9. The van der Waals surface area contributed by atoms with E-state index in [-0.39, 0.29) is 36.1 Å². The maximum Gasteiger partial charge on any atom is 0.359 e. The summed E-state index contributed by atoms with van der Waals surface area (Å²) in [5.41, 5.74) is 0.503. The Hall–Kier alpha value is -3.51. The van der Waals surface area contributed by atoms with E-state index in [0.717, 1.165) is 44.5 Å². The van der Waals surface area contributed by atoms with Gasteiger partial charge in [-0.2, -0.15) is 10.2 Å². The van der Waals surface area contributed by atoms with Crippen LogP contribution in [0.25, 0.3) is 5.65 Å². The molecule has 3 fully saturated rings. The highest BCUT2D eigenvalue weighted by atomic mass is 16.6. The second-order valence-corrected chi connectivity index (χ2v) is 11.8. The predicted octanol–water partition coefficient (Wildman–Crippen LogP) is 2.83. The Balaban J connectivity index is 1.28. The van der Waals surface area contributed by atoms with Crippen molar-refractivity contribution in [2.24, 2.45) is 5.92 Å². The van der Waals surface area contributed by atoms with Gasteiger partial charge in [0.15, 0.2) is 11.3 Å². The second-order valence-electron chi connectivity index (χ2n) is 11.8. The molecule has 0 radical (unpaired) electrons. The van der Waals surface area contributed by atoms with Gasteiger partial charge in [0, 0.05) is 19.3 Å². The van der Waals surface area contributed by atoms with Crippen molar-refractivity contribution in [3.05, 3.63) is 35.9 Å². The van der Waals surface area contributed by atoms with Crippen molar-refractivity contribution in [3.8, 4) is 0 Å². The molecule has 2 bridgehead atoms. The fraction of sp³-hybridized carbons (Fsp3) is 0.593. The lowest BCUT2D eigenvalue weighted by atomic mass is 9.86. The van der Waals surface area contributed by atoms with Gasteiger partial charge >= 0.3 is 5.97 Å². The Morgan fingerprint density at radius 1 is 1.15 bits per heavy atom. The highest BCUT2D eigenvalue weighted by Gasteiger charge is 2.40. The fourth-order valence-corrected chi connectivity index (χ4v) is 5.88. The number of carbonyl (C=O) groups is 2. The molecular weight excluding hydrogens is 502 g/mol. The van der Waals surface area contributed by atoms with E-state index in [0.29, 0.717) is 23.9 Å². The molecule has 1 aliphatic carbocycles. The number of esters is 1.